The van der Waals surface area contributed by atoms with Crippen LogP contribution in [0.4, 0.5) is 0 Å². The first kappa shape index (κ1) is 15.6. The van der Waals surface area contributed by atoms with Crippen LogP contribution >= 0.6 is 11.6 Å². The molecule has 0 aliphatic carbocycles. The summed E-state index contributed by atoms with van der Waals surface area (Å²) >= 11 is 6.14. The minimum atomic E-state index is 0.0459. The van der Waals surface area contributed by atoms with Crippen LogP contribution in [0.25, 0.3) is 10.9 Å². The molecule has 3 aromatic rings. The smallest absolute Gasteiger partial charge is 0.224 e. The average molecular weight is 328 g/mol. The molecule has 118 valence electrons. The molecular weight excluding hydrogens is 310 g/mol. The molecule has 0 saturated heterocycles. The molecule has 0 aliphatic rings. The van der Waals surface area contributed by atoms with E-state index in [0.29, 0.717) is 18.0 Å². The summed E-state index contributed by atoms with van der Waals surface area (Å²) in [5.41, 5.74) is 2.05. The Balaban J connectivity index is 1.48. The number of hydrogen-bond acceptors (Lipinski definition) is 2. The number of hydrogen-bond donors (Lipinski definition) is 1. The van der Waals surface area contributed by atoms with Crippen LogP contribution in [0.1, 0.15) is 12.0 Å². The highest BCUT2D eigenvalue weighted by molar-refractivity contribution is 6.35. The van der Waals surface area contributed by atoms with Gasteiger partial charge in [0, 0.05) is 18.5 Å². The lowest BCUT2D eigenvalue weighted by molar-refractivity contribution is -0.120. The monoisotopic (exact) mass is 327 g/mol. The number of amides is 1. The highest BCUT2D eigenvalue weighted by Crippen LogP contribution is 2.22. The molecule has 0 aliphatic heterocycles. The second-order valence-corrected chi connectivity index (χ2v) is 5.81. The fraction of sp³-hybridized carbons (Fsp3) is 0.222. The van der Waals surface area contributed by atoms with Crippen molar-refractivity contribution in [3.63, 3.8) is 0 Å². The van der Waals surface area contributed by atoms with Gasteiger partial charge in [0.1, 0.15) is 0 Å². The van der Waals surface area contributed by atoms with Gasteiger partial charge in [-0.05, 0) is 24.1 Å². The predicted octanol–water partition coefficient (Wildman–Crippen LogP) is 3.44. The normalized spacial score (nSPS) is 10.8. The molecule has 23 heavy (non-hydrogen) atoms. The Morgan fingerprint density at radius 2 is 1.96 bits per heavy atom. The molecular formula is C18H18ClN3O. The predicted molar refractivity (Wildman–Crippen MR) is 92.5 cm³/mol. The van der Waals surface area contributed by atoms with E-state index in [1.165, 1.54) is 0 Å². The zero-order chi connectivity index (χ0) is 16.1. The summed E-state index contributed by atoms with van der Waals surface area (Å²) in [6.07, 6.45) is 3.02. The second-order valence-electron chi connectivity index (χ2n) is 5.41. The summed E-state index contributed by atoms with van der Waals surface area (Å²) in [5, 5.41) is 8.98. The van der Waals surface area contributed by atoms with Gasteiger partial charge in [0.25, 0.3) is 0 Å². The molecule has 0 bridgehead atoms. The topological polar surface area (TPSA) is 46.9 Å². The lowest BCUT2D eigenvalue weighted by Gasteiger charge is -2.06. The highest BCUT2D eigenvalue weighted by Gasteiger charge is 2.06. The van der Waals surface area contributed by atoms with E-state index >= 15 is 0 Å². The molecule has 1 heterocycles. The molecule has 0 radical (unpaired) electrons. The Bertz CT molecular complexity index is 798. The molecule has 2 aromatic carbocycles. The molecule has 3 rings (SSSR count). The van der Waals surface area contributed by atoms with Crippen molar-refractivity contribution >= 4 is 28.4 Å². The fourth-order valence-corrected chi connectivity index (χ4v) is 2.77. The van der Waals surface area contributed by atoms with E-state index in [0.717, 1.165) is 29.4 Å². The molecule has 0 atom stereocenters. The van der Waals surface area contributed by atoms with Crippen LogP contribution in [0.3, 0.4) is 0 Å². The third-order valence-corrected chi connectivity index (χ3v) is 4.04. The molecule has 1 amide bonds. The molecule has 1 N–H and O–H groups in total. The average Bonchev–Trinajstić information content (AvgIpc) is 2.97. The van der Waals surface area contributed by atoms with Crippen LogP contribution < -0.4 is 5.32 Å². The minimum Gasteiger partial charge on any atom is -0.356 e. The number of nitrogens with one attached hydrogen (secondary N) is 1. The van der Waals surface area contributed by atoms with E-state index < -0.39 is 0 Å². The van der Waals surface area contributed by atoms with Crippen LogP contribution in [0, 0.1) is 0 Å². The number of benzene rings is 2. The summed E-state index contributed by atoms with van der Waals surface area (Å²) in [6.45, 7) is 1.38. The lowest BCUT2D eigenvalue weighted by atomic mass is 10.1. The van der Waals surface area contributed by atoms with Crippen LogP contribution in [-0.4, -0.2) is 22.2 Å². The van der Waals surface area contributed by atoms with Gasteiger partial charge in [0.2, 0.25) is 5.91 Å². The highest BCUT2D eigenvalue weighted by atomic mass is 35.5. The van der Waals surface area contributed by atoms with Gasteiger partial charge < -0.3 is 5.32 Å². The fourth-order valence-electron chi connectivity index (χ4n) is 2.55. The van der Waals surface area contributed by atoms with Crippen molar-refractivity contribution in [3.05, 3.63) is 65.3 Å². The van der Waals surface area contributed by atoms with Gasteiger partial charge in [0.05, 0.1) is 23.2 Å². The van der Waals surface area contributed by atoms with E-state index in [-0.39, 0.29) is 5.91 Å². The SMILES string of the molecule is O=C(Cc1ccccc1)NCCCn1ncc2c(Cl)cccc21. The number of aromatic nitrogens is 2. The standard InChI is InChI=1S/C18H18ClN3O/c19-16-8-4-9-17-15(16)13-21-22(17)11-5-10-20-18(23)12-14-6-2-1-3-7-14/h1-4,6-9,13H,5,10-12H2,(H,20,23). The number of rotatable bonds is 6. The van der Waals surface area contributed by atoms with Crippen molar-refractivity contribution in [2.24, 2.45) is 0 Å². The number of carbonyl (C=O) groups excluding carboxylic acids is 1. The van der Waals surface area contributed by atoms with Crippen molar-refractivity contribution in [2.45, 2.75) is 19.4 Å². The second kappa shape index (κ2) is 7.29. The summed E-state index contributed by atoms with van der Waals surface area (Å²) < 4.78 is 1.92. The van der Waals surface area contributed by atoms with Crippen LogP contribution in [0.5, 0.6) is 0 Å². The van der Waals surface area contributed by atoms with Gasteiger partial charge in [-0.1, -0.05) is 48.0 Å². The van der Waals surface area contributed by atoms with E-state index in [9.17, 15) is 4.79 Å². The maximum Gasteiger partial charge on any atom is 0.224 e. The molecule has 0 spiro atoms. The number of nitrogens with zero attached hydrogens (tertiary/aromatic N) is 2. The zero-order valence-corrected chi connectivity index (χ0v) is 13.5. The molecule has 5 heteroatoms. The third kappa shape index (κ3) is 3.90. The first-order chi connectivity index (χ1) is 11.2. The number of aryl methyl sites for hydroxylation is 1. The quantitative estimate of drug-likeness (QED) is 0.705. The Labute approximate surface area is 140 Å². The van der Waals surface area contributed by atoms with Gasteiger partial charge in [-0.2, -0.15) is 5.10 Å². The maximum atomic E-state index is 11.9. The van der Waals surface area contributed by atoms with E-state index in [2.05, 4.69) is 10.4 Å². The Hall–Kier alpha value is -2.33. The Morgan fingerprint density at radius 3 is 2.78 bits per heavy atom. The number of halogens is 1. The maximum absolute atomic E-state index is 11.9. The summed E-state index contributed by atoms with van der Waals surface area (Å²) in [7, 11) is 0. The summed E-state index contributed by atoms with van der Waals surface area (Å²) in [4.78, 5) is 11.9. The molecule has 0 unspecified atom stereocenters. The van der Waals surface area contributed by atoms with Gasteiger partial charge in [-0.25, -0.2) is 0 Å². The van der Waals surface area contributed by atoms with Crippen molar-refractivity contribution in [1.82, 2.24) is 15.1 Å². The molecule has 1 aromatic heterocycles. The molecule has 0 saturated carbocycles. The van der Waals surface area contributed by atoms with Gasteiger partial charge in [-0.15, -0.1) is 0 Å². The van der Waals surface area contributed by atoms with Gasteiger partial charge in [0.15, 0.2) is 0 Å². The third-order valence-electron chi connectivity index (χ3n) is 3.71. The van der Waals surface area contributed by atoms with Crippen LogP contribution in [-0.2, 0) is 17.8 Å². The Morgan fingerprint density at radius 1 is 1.13 bits per heavy atom. The van der Waals surface area contributed by atoms with Crippen LogP contribution in [0.15, 0.2) is 54.7 Å². The van der Waals surface area contributed by atoms with E-state index in [1.54, 1.807) is 6.20 Å². The summed E-state index contributed by atoms with van der Waals surface area (Å²) in [6, 6.07) is 15.5. The van der Waals surface area contributed by atoms with Gasteiger partial charge in [-0.3, -0.25) is 9.48 Å². The van der Waals surface area contributed by atoms with Gasteiger partial charge >= 0.3 is 0 Å². The van der Waals surface area contributed by atoms with Crippen molar-refractivity contribution in [3.8, 4) is 0 Å². The van der Waals surface area contributed by atoms with Crippen molar-refractivity contribution < 1.29 is 4.79 Å². The molecule has 4 nitrogen and oxygen atoms in total. The first-order valence-electron chi connectivity index (χ1n) is 7.65. The van der Waals surface area contributed by atoms with Crippen molar-refractivity contribution in [2.75, 3.05) is 6.54 Å². The minimum absolute atomic E-state index is 0.0459. The Kier molecular flexibility index (Phi) is 4.93. The molecule has 0 fully saturated rings. The number of carbonyl (C=O) groups is 1. The largest absolute Gasteiger partial charge is 0.356 e. The van der Waals surface area contributed by atoms with Crippen molar-refractivity contribution in [1.29, 1.82) is 0 Å². The van der Waals surface area contributed by atoms with E-state index in [1.807, 2.05) is 53.2 Å². The van der Waals surface area contributed by atoms with Crippen LogP contribution in [0.2, 0.25) is 5.02 Å². The summed E-state index contributed by atoms with van der Waals surface area (Å²) in [5.74, 6) is 0.0459. The zero-order valence-electron chi connectivity index (χ0n) is 12.7. The van der Waals surface area contributed by atoms with E-state index in [4.69, 9.17) is 11.6 Å². The first-order valence-corrected chi connectivity index (χ1v) is 8.02. The number of fused-ring (bicyclic) bond motifs is 1. The lowest BCUT2D eigenvalue weighted by Crippen LogP contribution is -2.26.